The average Bonchev–Trinajstić information content (AvgIpc) is 3.73. The van der Waals surface area contributed by atoms with E-state index in [9.17, 15) is 0 Å². The van der Waals surface area contributed by atoms with E-state index in [-0.39, 0.29) is 0 Å². The molecule has 0 N–H and O–H groups in total. The van der Waals surface area contributed by atoms with Crippen LogP contribution in [0.15, 0.2) is 170 Å². The predicted octanol–water partition coefficient (Wildman–Crippen LogP) is 13.3. The number of hydrogen-bond acceptors (Lipinski definition) is 2. The average molecular weight is 653 g/mol. The summed E-state index contributed by atoms with van der Waals surface area (Å²) >= 11 is 1.85. The molecule has 11 rings (SSSR count). The molecular formula is C47H28N2S. The molecule has 8 aromatic carbocycles. The Labute approximate surface area is 292 Å². The van der Waals surface area contributed by atoms with Crippen LogP contribution in [-0.4, -0.2) is 9.55 Å². The van der Waals surface area contributed by atoms with E-state index in [1.165, 1.54) is 79.9 Å². The number of fused-ring (bicyclic) bond motifs is 12. The van der Waals surface area contributed by atoms with Crippen molar-refractivity contribution < 1.29 is 0 Å². The van der Waals surface area contributed by atoms with Gasteiger partial charge in [0.1, 0.15) is 0 Å². The summed E-state index contributed by atoms with van der Waals surface area (Å²) in [5.74, 6) is 0. The van der Waals surface area contributed by atoms with Crippen LogP contribution in [0.3, 0.4) is 0 Å². The number of nitrogens with zero attached hydrogens (tertiary/aromatic N) is 2. The molecule has 0 saturated carbocycles. The Kier molecular flexibility index (Phi) is 5.86. The minimum Gasteiger partial charge on any atom is -0.309 e. The molecule has 50 heavy (non-hydrogen) atoms. The zero-order valence-corrected chi connectivity index (χ0v) is 27.8. The molecule has 0 spiro atoms. The maximum absolute atomic E-state index is 4.74. The molecule has 0 radical (unpaired) electrons. The number of hydrogen-bond donors (Lipinski definition) is 0. The van der Waals surface area contributed by atoms with Gasteiger partial charge >= 0.3 is 0 Å². The minimum absolute atomic E-state index is 1.11. The zero-order chi connectivity index (χ0) is 32.8. The van der Waals surface area contributed by atoms with Crippen molar-refractivity contribution in [1.29, 1.82) is 0 Å². The lowest BCUT2D eigenvalue weighted by Crippen LogP contribution is -1.94. The van der Waals surface area contributed by atoms with Gasteiger partial charge in [-0.2, -0.15) is 0 Å². The van der Waals surface area contributed by atoms with Crippen LogP contribution in [0.25, 0.3) is 102 Å². The second kappa shape index (κ2) is 10.6. The lowest BCUT2D eigenvalue weighted by Gasteiger charge is -2.14. The molecule has 0 aliphatic heterocycles. The summed E-state index contributed by atoms with van der Waals surface area (Å²) in [6, 6.07) is 57.9. The summed E-state index contributed by atoms with van der Waals surface area (Å²) < 4.78 is 5.06. The van der Waals surface area contributed by atoms with Gasteiger partial charge in [0.2, 0.25) is 0 Å². The maximum atomic E-state index is 4.74. The Morgan fingerprint density at radius 1 is 0.340 bits per heavy atom. The third kappa shape index (κ3) is 4.05. The Bertz CT molecular complexity index is 3130. The van der Waals surface area contributed by atoms with E-state index in [4.69, 9.17) is 4.98 Å². The first-order chi connectivity index (χ1) is 24.8. The van der Waals surface area contributed by atoms with Crippen LogP contribution in [0.1, 0.15) is 0 Å². The molecular weight excluding hydrogens is 625 g/mol. The first kappa shape index (κ1) is 27.6. The molecule has 0 bridgehead atoms. The van der Waals surface area contributed by atoms with E-state index < -0.39 is 0 Å². The van der Waals surface area contributed by atoms with Gasteiger partial charge in [-0.15, -0.1) is 11.3 Å². The van der Waals surface area contributed by atoms with Crippen molar-refractivity contribution in [3.8, 4) is 27.9 Å². The summed E-state index contributed by atoms with van der Waals surface area (Å²) in [6.07, 6.45) is 3.97. The van der Waals surface area contributed by atoms with Gasteiger partial charge in [0, 0.05) is 60.2 Å². The highest BCUT2D eigenvalue weighted by molar-refractivity contribution is 7.25. The van der Waals surface area contributed by atoms with Crippen molar-refractivity contribution in [1.82, 2.24) is 9.55 Å². The number of pyridine rings is 1. The number of para-hydroxylation sites is 1. The Morgan fingerprint density at radius 2 is 0.880 bits per heavy atom. The molecule has 0 aliphatic rings. The molecule has 11 aromatic rings. The van der Waals surface area contributed by atoms with Crippen LogP contribution in [0.2, 0.25) is 0 Å². The monoisotopic (exact) mass is 652 g/mol. The summed E-state index contributed by atoms with van der Waals surface area (Å²) in [4.78, 5) is 4.74. The molecule has 0 unspecified atom stereocenters. The van der Waals surface area contributed by atoms with Crippen LogP contribution in [0, 0.1) is 0 Å². The van der Waals surface area contributed by atoms with Crippen LogP contribution in [0.4, 0.5) is 0 Å². The fourth-order valence-corrected chi connectivity index (χ4v) is 9.21. The van der Waals surface area contributed by atoms with Gasteiger partial charge in [-0.3, -0.25) is 4.98 Å². The quantitative estimate of drug-likeness (QED) is 0.174. The number of aromatic nitrogens is 2. The molecule has 0 atom stereocenters. The normalized spacial score (nSPS) is 12.0. The molecule has 3 heterocycles. The molecule has 3 heteroatoms. The molecule has 0 saturated heterocycles. The third-order valence-corrected chi connectivity index (χ3v) is 11.6. The first-order valence-electron chi connectivity index (χ1n) is 17.0. The third-order valence-electron chi connectivity index (χ3n) is 10.4. The summed E-state index contributed by atoms with van der Waals surface area (Å²) in [5, 5.41) is 12.8. The van der Waals surface area contributed by atoms with Gasteiger partial charge in [0.05, 0.1) is 11.0 Å². The van der Waals surface area contributed by atoms with Gasteiger partial charge in [-0.05, 0) is 98.0 Å². The van der Waals surface area contributed by atoms with Gasteiger partial charge in [0.25, 0.3) is 0 Å². The summed E-state index contributed by atoms with van der Waals surface area (Å²) in [5.41, 5.74) is 8.14. The predicted molar refractivity (Wildman–Crippen MR) is 215 cm³/mol. The number of thiophene rings is 1. The topological polar surface area (TPSA) is 17.8 Å². The summed E-state index contributed by atoms with van der Waals surface area (Å²) in [6.45, 7) is 0. The van der Waals surface area contributed by atoms with E-state index in [2.05, 4.69) is 162 Å². The SMILES string of the molecule is c1ccc2c(c1)sc1ccc(-c3cncc(-c4ccc5c(c4)c4ccccc4n5-c4ccc5c6ccccc6c6ccccc6c5c4)c3)cc12. The smallest absolute Gasteiger partial charge is 0.0541 e. The summed E-state index contributed by atoms with van der Waals surface area (Å²) in [7, 11) is 0. The Hall–Kier alpha value is -6.29. The zero-order valence-electron chi connectivity index (χ0n) is 27.0. The van der Waals surface area contributed by atoms with E-state index >= 15 is 0 Å². The van der Waals surface area contributed by atoms with Crippen molar-refractivity contribution in [3.05, 3.63) is 170 Å². The highest BCUT2D eigenvalue weighted by Crippen LogP contribution is 2.40. The number of benzene rings is 8. The lowest BCUT2D eigenvalue weighted by molar-refractivity contribution is 1.19. The van der Waals surface area contributed by atoms with Gasteiger partial charge < -0.3 is 4.57 Å². The van der Waals surface area contributed by atoms with Gasteiger partial charge in [0.15, 0.2) is 0 Å². The minimum atomic E-state index is 1.11. The van der Waals surface area contributed by atoms with E-state index in [0.717, 1.165) is 22.4 Å². The molecule has 2 nitrogen and oxygen atoms in total. The van der Waals surface area contributed by atoms with E-state index in [0.29, 0.717) is 0 Å². The highest BCUT2D eigenvalue weighted by atomic mass is 32.1. The van der Waals surface area contributed by atoms with Crippen molar-refractivity contribution in [2.24, 2.45) is 0 Å². The van der Waals surface area contributed by atoms with Crippen LogP contribution >= 0.6 is 11.3 Å². The van der Waals surface area contributed by atoms with E-state index in [1.54, 1.807) is 0 Å². The second-order valence-electron chi connectivity index (χ2n) is 13.2. The Morgan fingerprint density at radius 3 is 1.62 bits per heavy atom. The lowest BCUT2D eigenvalue weighted by atomic mass is 9.94. The molecule has 0 fully saturated rings. The first-order valence-corrected chi connectivity index (χ1v) is 17.8. The molecule has 3 aromatic heterocycles. The van der Waals surface area contributed by atoms with Crippen molar-refractivity contribution in [2.45, 2.75) is 0 Å². The van der Waals surface area contributed by atoms with Crippen LogP contribution in [-0.2, 0) is 0 Å². The molecule has 232 valence electrons. The molecule has 0 aliphatic carbocycles. The van der Waals surface area contributed by atoms with Crippen molar-refractivity contribution >= 4 is 85.6 Å². The van der Waals surface area contributed by atoms with Crippen molar-refractivity contribution in [3.63, 3.8) is 0 Å². The fraction of sp³-hybridized carbons (Fsp3) is 0. The standard InChI is InChI=1S/C47H28N2S/c1-2-11-36-34(9-1)35-10-3-4-12-37(35)41-26-33(19-20-38(36)41)49-44-15-7-5-13-39(44)42-24-29(17-21-45(42)49)31-23-32(28-48-27-31)30-18-22-47-43(25-30)40-14-6-8-16-46(40)50-47/h1-28H. The fourth-order valence-electron chi connectivity index (χ4n) is 8.13. The maximum Gasteiger partial charge on any atom is 0.0541 e. The van der Waals surface area contributed by atoms with Gasteiger partial charge in [-0.25, -0.2) is 0 Å². The number of rotatable bonds is 3. The largest absolute Gasteiger partial charge is 0.309 e. The van der Waals surface area contributed by atoms with Crippen LogP contribution in [0.5, 0.6) is 0 Å². The van der Waals surface area contributed by atoms with Gasteiger partial charge in [-0.1, -0.05) is 103 Å². The second-order valence-corrected chi connectivity index (χ2v) is 14.3. The highest BCUT2D eigenvalue weighted by Gasteiger charge is 2.16. The van der Waals surface area contributed by atoms with Crippen LogP contribution < -0.4 is 0 Å². The van der Waals surface area contributed by atoms with E-state index in [1.807, 2.05) is 23.7 Å². The van der Waals surface area contributed by atoms with Crippen molar-refractivity contribution in [2.75, 3.05) is 0 Å². The Balaban J connectivity index is 1.07. The molecule has 0 amide bonds.